The van der Waals surface area contributed by atoms with Gasteiger partial charge in [-0.15, -0.1) is 0 Å². The van der Waals surface area contributed by atoms with Crippen LogP contribution in [0.25, 0.3) is 0 Å². The molecule has 0 bridgehead atoms. The van der Waals surface area contributed by atoms with Gasteiger partial charge in [0.1, 0.15) is 0 Å². The number of rotatable bonds is 3. The van der Waals surface area contributed by atoms with Gasteiger partial charge in [-0.25, -0.2) is 9.59 Å². The number of carbonyl (C=O) groups is 2. The van der Waals surface area contributed by atoms with Crippen molar-refractivity contribution >= 4 is 17.6 Å². The number of nitro groups is 1. The molecule has 9 nitrogen and oxygen atoms in total. The number of benzene rings is 1. The Labute approximate surface area is 214 Å². The Kier molecular flexibility index (Phi) is 11.1. The Morgan fingerprint density at radius 1 is 0.923 bits per heavy atom. The van der Waals surface area contributed by atoms with Gasteiger partial charge in [-0.3, -0.25) is 15.0 Å². The second kappa shape index (κ2) is 12.8. The van der Waals surface area contributed by atoms with Crippen molar-refractivity contribution < 1.29 is 64.2 Å². The zero-order valence-electron chi connectivity index (χ0n) is 20.2. The minimum absolute atomic E-state index is 0.257. The number of nitro benzene ring substituents is 1. The lowest BCUT2D eigenvalue weighted by Gasteiger charge is -2.37. The molecule has 1 aromatic rings. The van der Waals surface area contributed by atoms with E-state index in [9.17, 15) is 49.6 Å². The Morgan fingerprint density at radius 2 is 1.36 bits per heavy atom. The Hall–Kier alpha value is -3.15. The maximum Gasteiger partial charge on any atom is 0.490 e. The SMILES string of the molecule is CN1CCC2(CC1)CCN(Cc1ccc(C(F)(F)F)cc1[N+](=O)[O-])C2.O=C(O)C(F)(F)F.O=C(O)C(F)(F)F. The lowest BCUT2D eigenvalue weighted by Crippen LogP contribution is -2.39. The fraction of sp³-hybridized carbons (Fsp3) is 0.619. The average Bonchev–Trinajstić information content (AvgIpc) is 3.17. The molecule has 2 fully saturated rings. The van der Waals surface area contributed by atoms with E-state index in [1.54, 1.807) is 0 Å². The first-order chi connectivity index (χ1) is 17.6. The number of piperidine rings is 1. The van der Waals surface area contributed by atoms with E-state index in [4.69, 9.17) is 19.8 Å². The van der Waals surface area contributed by atoms with Crippen LogP contribution in [0.5, 0.6) is 0 Å². The van der Waals surface area contributed by atoms with Crippen molar-refractivity contribution in [3.8, 4) is 0 Å². The van der Waals surface area contributed by atoms with Crippen molar-refractivity contribution in [2.45, 2.75) is 44.3 Å². The highest BCUT2D eigenvalue weighted by molar-refractivity contribution is 5.73. The molecule has 0 aromatic heterocycles. The highest BCUT2D eigenvalue weighted by atomic mass is 19.4. The van der Waals surface area contributed by atoms with Crippen LogP contribution in [0.4, 0.5) is 45.2 Å². The summed E-state index contributed by atoms with van der Waals surface area (Å²) < 4.78 is 102. The van der Waals surface area contributed by atoms with Gasteiger partial charge in [-0.05, 0) is 57.4 Å². The van der Waals surface area contributed by atoms with E-state index in [1.807, 2.05) is 0 Å². The maximum atomic E-state index is 12.8. The second-order valence-electron chi connectivity index (χ2n) is 8.97. The molecule has 2 aliphatic heterocycles. The number of carboxylic acids is 2. The number of likely N-dealkylation sites (tertiary alicyclic amines) is 2. The number of carboxylic acid groups (broad SMARTS) is 2. The molecule has 1 aromatic carbocycles. The molecule has 0 aliphatic carbocycles. The number of hydrogen-bond donors (Lipinski definition) is 2. The van der Waals surface area contributed by atoms with Crippen molar-refractivity contribution in [3.05, 3.63) is 39.4 Å². The van der Waals surface area contributed by atoms with Gasteiger partial charge in [-0.2, -0.15) is 39.5 Å². The van der Waals surface area contributed by atoms with E-state index in [-0.39, 0.29) is 5.41 Å². The number of nitrogens with zero attached hydrogens (tertiary/aromatic N) is 3. The zero-order valence-corrected chi connectivity index (χ0v) is 20.2. The highest BCUT2D eigenvalue weighted by Crippen LogP contribution is 2.41. The molecule has 0 atom stereocenters. The van der Waals surface area contributed by atoms with Gasteiger partial charge >= 0.3 is 30.5 Å². The number of alkyl halides is 9. The third-order valence-electron chi connectivity index (χ3n) is 6.05. The van der Waals surface area contributed by atoms with Crippen LogP contribution in [0.15, 0.2) is 18.2 Å². The van der Waals surface area contributed by atoms with Crippen LogP contribution in [0.3, 0.4) is 0 Å². The molecule has 0 saturated carbocycles. The van der Waals surface area contributed by atoms with Crippen LogP contribution in [0.2, 0.25) is 0 Å². The van der Waals surface area contributed by atoms with Crippen LogP contribution >= 0.6 is 0 Å². The molecule has 18 heteroatoms. The topological polar surface area (TPSA) is 124 Å². The Bertz CT molecular complexity index is 996. The summed E-state index contributed by atoms with van der Waals surface area (Å²) in [5.74, 6) is -5.51. The molecular formula is C21H24F9N3O6. The van der Waals surface area contributed by atoms with Crippen molar-refractivity contribution in [2.24, 2.45) is 5.41 Å². The minimum Gasteiger partial charge on any atom is -0.475 e. The van der Waals surface area contributed by atoms with Gasteiger partial charge in [0.2, 0.25) is 0 Å². The van der Waals surface area contributed by atoms with Gasteiger partial charge in [0.05, 0.1) is 10.5 Å². The fourth-order valence-corrected chi connectivity index (χ4v) is 3.95. The first-order valence-corrected chi connectivity index (χ1v) is 10.9. The van der Waals surface area contributed by atoms with Crippen LogP contribution in [0.1, 0.15) is 30.4 Å². The standard InChI is InChI=1S/C17H22F3N3O2.2C2HF3O2/c1-21-7-4-16(5-8-21)6-9-22(12-16)11-13-2-3-14(17(18,19)20)10-15(13)23(24)25;2*3-2(4,5)1(6)7/h2-3,10H,4-9,11-12H2,1H3;2*(H,6,7). The van der Waals surface area contributed by atoms with E-state index < -0.39 is 46.6 Å². The summed E-state index contributed by atoms with van der Waals surface area (Å²) in [5.41, 5.74) is -0.814. The molecule has 1 spiro atoms. The summed E-state index contributed by atoms with van der Waals surface area (Å²) in [6.07, 6.45) is -11.5. The van der Waals surface area contributed by atoms with Crippen molar-refractivity contribution in [1.82, 2.24) is 9.80 Å². The van der Waals surface area contributed by atoms with Gasteiger partial charge in [0.25, 0.3) is 5.69 Å². The van der Waals surface area contributed by atoms with Gasteiger partial charge < -0.3 is 15.1 Å². The summed E-state index contributed by atoms with van der Waals surface area (Å²) in [4.78, 5) is 32.7. The summed E-state index contributed by atoms with van der Waals surface area (Å²) in [7, 11) is 2.10. The molecule has 39 heavy (non-hydrogen) atoms. The third kappa shape index (κ3) is 10.9. The molecule has 2 N–H and O–H groups in total. The number of halogens is 9. The van der Waals surface area contributed by atoms with Gasteiger partial charge in [0, 0.05) is 24.7 Å². The molecule has 0 unspecified atom stereocenters. The minimum atomic E-state index is -5.08. The van der Waals surface area contributed by atoms with Crippen LogP contribution in [0, 0.1) is 15.5 Å². The second-order valence-corrected chi connectivity index (χ2v) is 8.97. The maximum absolute atomic E-state index is 12.8. The Morgan fingerprint density at radius 3 is 1.74 bits per heavy atom. The quantitative estimate of drug-likeness (QED) is 0.295. The lowest BCUT2D eigenvalue weighted by molar-refractivity contribution is -0.386. The Balaban J connectivity index is 0.000000449. The van der Waals surface area contributed by atoms with E-state index >= 15 is 0 Å². The van der Waals surface area contributed by atoms with Crippen LogP contribution in [-0.2, 0) is 22.3 Å². The lowest BCUT2D eigenvalue weighted by atomic mass is 9.78. The van der Waals surface area contributed by atoms with Crippen LogP contribution in [-0.4, -0.2) is 82.5 Å². The average molecular weight is 585 g/mol. The molecule has 0 amide bonds. The number of hydrogen-bond acceptors (Lipinski definition) is 6. The highest BCUT2D eigenvalue weighted by Gasteiger charge is 2.41. The third-order valence-corrected chi connectivity index (χ3v) is 6.05. The van der Waals surface area contributed by atoms with Crippen molar-refractivity contribution in [3.63, 3.8) is 0 Å². The van der Waals surface area contributed by atoms with E-state index in [2.05, 4.69) is 16.8 Å². The molecular weight excluding hydrogens is 561 g/mol. The normalized spacial score (nSPS) is 18.0. The van der Waals surface area contributed by atoms with Gasteiger partial charge in [0.15, 0.2) is 0 Å². The number of aliphatic carboxylic acids is 2. The summed E-state index contributed by atoms with van der Waals surface area (Å²) in [6, 6.07) is 2.83. The smallest absolute Gasteiger partial charge is 0.475 e. The zero-order chi connectivity index (χ0) is 30.4. The van der Waals surface area contributed by atoms with E-state index in [0.29, 0.717) is 18.2 Å². The molecule has 2 aliphatic rings. The van der Waals surface area contributed by atoms with Crippen molar-refractivity contribution in [1.29, 1.82) is 0 Å². The monoisotopic (exact) mass is 585 g/mol. The van der Waals surface area contributed by atoms with E-state index in [1.165, 1.54) is 6.07 Å². The summed E-state index contributed by atoms with van der Waals surface area (Å²) >= 11 is 0. The van der Waals surface area contributed by atoms with Crippen LogP contribution < -0.4 is 0 Å². The largest absolute Gasteiger partial charge is 0.490 e. The molecule has 3 rings (SSSR count). The summed E-state index contributed by atoms with van der Waals surface area (Å²) in [5, 5.41) is 25.5. The predicted octanol–water partition coefficient (Wildman–Crippen LogP) is 4.80. The summed E-state index contributed by atoms with van der Waals surface area (Å²) in [6.45, 7) is 4.12. The molecule has 2 heterocycles. The van der Waals surface area contributed by atoms with Gasteiger partial charge in [-0.1, -0.05) is 6.07 Å². The van der Waals surface area contributed by atoms with E-state index in [0.717, 1.165) is 51.5 Å². The van der Waals surface area contributed by atoms with Crippen molar-refractivity contribution in [2.75, 3.05) is 33.2 Å². The first-order valence-electron chi connectivity index (χ1n) is 10.9. The molecule has 0 radical (unpaired) electrons. The predicted molar refractivity (Wildman–Crippen MR) is 115 cm³/mol. The first kappa shape index (κ1) is 33.9. The fourth-order valence-electron chi connectivity index (χ4n) is 3.95. The molecule has 2 saturated heterocycles. The molecule has 222 valence electrons.